The number of halogens is 4. The van der Waals surface area contributed by atoms with Crippen molar-refractivity contribution in [3.8, 4) is 11.8 Å². The Bertz CT molecular complexity index is 1230. The summed E-state index contributed by atoms with van der Waals surface area (Å²) in [7, 11) is 0. The van der Waals surface area contributed by atoms with Crippen molar-refractivity contribution >= 4 is 68.4 Å². The van der Waals surface area contributed by atoms with Gasteiger partial charge in [-0.1, -0.05) is 59.1 Å². The molecule has 0 atom stereocenters. The lowest BCUT2D eigenvalue weighted by Gasteiger charge is -2.12. The molecule has 162 valence electrons. The van der Waals surface area contributed by atoms with E-state index in [1.54, 1.807) is 36.4 Å². The van der Waals surface area contributed by atoms with Crippen LogP contribution in [0.2, 0.25) is 15.1 Å². The second kappa shape index (κ2) is 10.9. The van der Waals surface area contributed by atoms with Gasteiger partial charge in [-0.15, -0.1) is 0 Å². The zero-order valence-corrected chi connectivity index (χ0v) is 20.6. The molecule has 0 saturated heterocycles. The Morgan fingerprint density at radius 1 is 1.09 bits per heavy atom. The second-order valence-electron chi connectivity index (χ2n) is 6.79. The van der Waals surface area contributed by atoms with Gasteiger partial charge in [-0.3, -0.25) is 4.79 Å². The maximum absolute atomic E-state index is 12.6. The van der Waals surface area contributed by atoms with Crippen molar-refractivity contribution in [1.82, 2.24) is 0 Å². The van der Waals surface area contributed by atoms with Crippen molar-refractivity contribution in [2.45, 2.75) is 13.5 Å². The summed E-state index contributed by atoms with van der Waals surface area (Å²) < 4.78 is 6.41. The van der Waals surface area contributed by atoms with Gasteiger partial charge < -0.3 is 10.1 Å². The Hall–Kier alpha value is -2.49. The summed E-state index contributed by atoms with van der Waals surface area (Å²) in [6.07, 6.45) is 1.47. The number of hydrogen-bond acceptors (Lipinski definition) is 3. The summed E-state index contributed by atoms with van der Waals surface area (Å²) in [5.74, 6) is -0.0771. The molecule has 0 bridgehead atoms. The van der Waals surface area contributed by atoms with E-state index in [1.807, 2.05) is 31.2 Å². The Kier molecular flexibility index (Phi) is 8.22. The number of nitrogens with zero attached hydrogens (tertiary/aromatic N) is 1. The van der Waals surface area contributed by atoms with Crippen LogP contribution in [-0.4, -0.2) is 5.91 Å². The molecule has 32 heavy (non-hydrogen) atoms. The van der Waals surface area contributed by atoms with Gasteiger partial charge in [0, 0.05) is 5.69 Å². The van der Waals surface area contributed by atoms with Crippen LogP contribution < -0.4 is 10.1 Å². The van der Waals surface area contributed by atoms with Crippen molar-refractivity contribution in [2.75, 3.05) is 5.32 Å². The summed E-state index contributed by atoms with van der Waals surface area (Å²) in [5, 5.41) is 13.5. The Balaban J connectivity index is 1.78. The standard InChI is InChI=1S/C24H16BrCl3N2O2/c1-14-4-2-3-5-22(14)30-24(31)17(12-29)8-16-9-18(25)23(21(28)11-16)32-13-15-6-7-19(26)20(27)10-15/h2-11H,13H2,1H3,(H,30,31)/b17-8-. The first-order valence-electron chi connectivity index (χ1n) is 9.33. The number of rotatable bonds is 6. The van der Waals surface area contributed by atoms with Gasteiger partial charge in [0.15, 0.2) is 5.75 Å². The maximum atomic E-state index is 12.6. The van der Waals surface area contributed by atoms with Crippen LogP contribution in [0.4, 0.5) is 5.69 Å². The number of amides is 1. The number of anilines is 1. The van der Waals surface area contributed by atoms with Crippen molar-refractivity contribution in [3.05, 3.63) is 96.4 Å². The van der Waals surface area contributed by atoms with E-state index in [0.29, 0.717) is 36.5 Å². The Labute approximate surface area is 209 Å². The second-order valence-corrected chi connectivity index (χ2v) is 8.87. The number of hydrogen-bond donors (Lipinski definition) is 1. The molecule has 0 radical (unpaired) electrons. The molecule has 3 aromatic rings. The van der Waals surface area contributed by atoms with Crippen molar-refractivity contribution in [3.63, 3.8) is 0 Å². The highest BCUT2D eigenvalue weighted by Gasteiger charge is 2.14. The average Bonchev–Trinajstić information content (AvgIpc) is 2.75. The molecule has 0 unspecified atom stereocenters. The van der Waals surface area contributed by atoms with Crippen LogP contribution in [0.25, 0.3) is 6.08 Å². The smallest absolute Gasteiger partial charge is 0.266 e. The first-order valence-corrected chi connectivity index (χ1v) is 11.3. The van der Waals surface area contributed by atoms with Crippen molar-refractivity contribution in [2.24, 2.45) is 0 Å². The highest BCUT2D eigenvalue weighted by molar-refractivity contribution is 9.10. The molecule has 0 heterocycles. The summed E-state index contributed by atoms with van der Waals surface area (Å²) in [4.78, 5) is 12.6. The molecule has 8 heteroatoms. The predicted octanol–water partition coefficient (Wildman–Crippen LogP) is 7.84. The number of carbonyl (C=O) groups excluding carboxylic acids is 1. The summed E-state index contributed by atoms with van der Waals surface area (Å²) in [6.45, 7) is 2.10. The van der Waals surface area contributed by atoms with Crippen LogP contribution in [0.1, 0.15) is 16.7 Å². The summed E-state index contributed by atoms with van der Waals surface area (Å²) >= 11 is 21.8. The molecule has 0 aliphatic rings. The molecular weight excluding hydrogens is 535 g/mol. The van der Waals surface area contributed by atoms with E-state index < -0.39 is 5.91 Å². The van der Waals surface area contributed by atoms with Crippen LogP contribution in [0.3, 0.4) is 0 Å². The van der Waals surface area contributed by atoms with Gasteiger partial charge in [0.2, 0.25) is 0 Å². The number of benzene rings is 3. The van der Waals surface area contributed by atoms with Gasteiger partial charge in [0.1, 0.15) is 18.2 Å². The van der Waals surface area contributed by atoms with Crippen LogP contribution in [0.5, 0.6) is 5.75 Å². The van der Waals surface area contributed by atoms with E-state index in [4.69, 9.17) is 39.5 Å². The number of para-hydroxylation sites is 1. The number of aryl methyl sites for hydroxylation is 1. The van der Waals surface area contributed by atoms with E-state index >= 15 is 0 Å². The highest BCUT2D eigenvalue weighted by atomic mass is 79.9. The molecule has 0 saturated carbocycles. The highest BCUT2D eigenvalue weighted by Crippen LogP contribution is 2.36. The molecule has 0 aliphatic carbocycles. The van der Waals surface area contributed by atoms with E-state index in [2.05, 4.69) is 21.2 Å². The zero-order chi connectivity index (χ0) is 23.3. The fourth-order valence-corrected chi connectivity index (χ4v) is 4.11. The van der Waals surface area contributed by atoms with Crippen LogP contribution in [0, 0.1) is 18.3 Å². The molecule has 0 fully saturated rings. The third-order valence-electron chi connectivity index (χ3n) is 4.46. The Morgan fingerprint density at radius 3 is 2.50 bits per heavy atom. The lowest BCUT2D eigenvalue weighted by molar-refractivity contribution is -0.112. The van der Waals surface area contributed by atoms with E-state index in [-0.39, 0.29) is 12.2 Å². The quantitative estimate of drug-likeness (QED) is 0.251. The minimum atomic E-state index is -0.506. The normalized spacial score (nSPS) is 11.1. The molecule has 0 aliphatic heterocycles. The Morgan fingerprint density at radius 2 is 1.84 bits per heavy atom. The molecule has 0 spiro atoms. The first-order chi connectivity index (χ1) is 15.3. The third-order valence-corrected chi connectivity index (χ3v) is 6.07. The largest absolute Gasteiger partial charge is 0.486 e. The number of carbonyl (C=O) groups is 1. The van der Waals surface area contributed by atoms with Gasteiger partial charge in [-0.25, -0.2) is 0 Å². The van der Waals surface area contributed by atoms with Crippen LogP contribution in [0.15, 0.2) is 64.6 Å². The molecule has 3 rings (SSSR count). The zero-order valence-electron chi connectivity index (χ0n) is 16.8. The SMILES string of the molecule is Cc1ccccc1NC(=O)/C(C#N)=C\c1cc(Cl)c(OCc2ccc(Cl)c(Cl)c2)c(Br)c1. The van der Waals surface area contributed by atoms with E-state index in [9.17, 15) is 10.1 Å². The molecule has 1 N–H and O–H groups in total. The van der Waals surface area contributed by atoms with Gasteiger partial charge in [-0.2, -0.15) is 5.26 Å². The molecule has 0 aromatic heterocycles. The number of ether oxygens (including phenoxy) is 1. The molecular formula is C24H16BrCl3N2O2. The van der Waals surface area contributed by atoms with Crippen LogP contribution in [-0.2, 0) is 11.4 Å². The van der Waals surface area contributed by atoms with Crippen LogP contribution >= 0.6 is 50.7 Å². The molecule has 3 aromatic carbocycles. The van der Waals surface area contributed by atoms with Gasteiger partial charge in [-0.05, 0) is 76.0 Å². The summed E-state index contributed by atoms with van der Waals surface area (Å²) in [6, 6.07) is 17.8. The maximum Gasteiger partial charge on any atom is 0.266 e. The molecule has 1 amide bonds. The minimum absolute atomic E-state index is 0.0549. The lowest BCUT2D eigenvalue weighted by atomic mass is 10.1. The minimum Gasteiger partial charge on any atom is -0.486 e. The third kappa shape index (κ3) is 6.05. The topological polar surface area (TPSA) is 62.1 Å². The van der Waals surface area contributed by atoms with E-state index in [0.717, 1.165) is 11.1 Å². The first kappa shape index (κ1) is 24.2. The monoisotopic (exact) mass is 548 g/mol. The van der Waals surface area contributed by atoms with Gasteiger partial charge >= 0.3 is 0 Å². The van der Waals surface area contributed by atoms with Crippen molar-refractivity contribution < 1.29 is 9.53 Å². The van der Waals surface area contributed by atoms with Gasteiger partial charge in [0.05, 0.1) is 19.5 Å². The number of nitrogens with one attached hydrogen (secondary N) is 1. The fraction of sp³-hybridized carbons (Fsp3) is 0.0833. The van der Waals surface area contributed by atoms with Crippen molar-refractivity contribution in [1.29, 1.82) is 5.26 Å². The average molecular weight is 551 g/mol. The molecule has 4 nitrogen and oxygen atoms in total. The number of nitriles is 1. The fourth-order valence-electron chi connectivity index (χ4n) is 2.80. The lowest BCUT2D eigenvalue weighted by Crippen LogP contribution is -2.14. The summed E-state index contributed by atoms with van der Waals surface area (Å²) in [5.41, 5.74) is 2.88. The van der Waals surface area contributed by atoms with E-state index in [1.165, 1.54) is 6.08 Å². The predicted molar refractivity (Wildman–Crippen MR) is 133 cm³/mol. The van der Waals surface area contributed by atoms with Gasteiger partial charge in [0.25, 0.3) is 5.91 Å².